The molecule has 0 fully saturated rings. The van der Waals surface area contributed by atoms with Gasteiger partial charge in [0, 0.05) is 17.0 Å². The Morgan fingerprint density at radius 2 is 1.43 bits per heavy atom. The second kappa shape index (κ2) is 6.61. The van der Waals surface area contributed by atoms with E-state index < -0.39 is 0 Å². The van der Waals surface area contributed by atoms with Gasteiger partial charge >= 0.3 is 0 Å². The van der Waals surface area contributed by atoms with Gasteiger partial charge in [-0.25, -0.2) is 0 Å². The Kier molecular flexibility index (Phi) is 3.95. The first-order valence-corrected chi connectivity index (χ1v) is 9.62. The first kappa shape index (κ1) is 16.7. The zero-order valence-electron chi connectivity index (χ0n) is 15.7. The zero-order chi connectivity index (χ0) is 19.1. The summed E-state index contributed by atoms with van der Waals surface area (Å²) in [5, 5.41) is 2.12. The maximum atomic E-state index is 13.6. The molecule has 4 aromatic rings. The third kappa shape index (κ3) is 2.59. The van der Waals surface area contributed by atoms with Gasteiger partial charge in [0.15, 0.2) is 5.78 Å². The van der Waals surface area contributed by atoms with E-state index in [0.29, 0.717) is 0 Å². The molecule has 0 N–H and O–H groups in total. The van der Waals surface area contributed by atoms with Crippen LogP contribution in [-0.2, 0) is 0 Å². The summed E-state index contributed by atoms with van der Waals surface area (Å²) in [6.45, 7) is 2.16. The van der Waals surface area contributed by atoms with E-state index in [2.05, 4.69) is 61.5 Å². The number of rotatable bonds is 3. The molecule has 0 saturated heterocycles. The Balaban J connectivity index is 1.79. The number of hydrogen-bond donors (Lipinski definition) is 0. The van der Waals surface area contributed by atoms with Crippen LogP contribution in [0, 0.1) is 0 Å². The molecule has 0 heterocycles. The van der Waals surface area contributed by atoms with Gasteiger partial charge in [-0.05, 0) is 34.4 Å². The number of ketones is 1. The van der Waals surface area contributed by atoms with E-state index in [-0.39, 0.29) is 11.7 Å². The van der Waals surface area contributed by atoms with Gasteiger partial charge in [0.2, 0.25) is 0 Å². The number of carbonyl (C=O) groups excluding carboxylic acids is 1. The van der Waals surface area contributed by atoms with Crippen LogP contribution in [0.1, 0.15) is 45.5 Å². The lowest BCUT2D eigenvalue weighted by Gasteiger charge is -2.20. The average molecular weight is 360 g/mol. The van der Waals surface area contributed by atoms with Crippen molar-refractivity contribution in [1.29, 1.82) is 0 Å². The van der Waals surface area contributed by atoms with Crippen LogP contribution in [0.15, 0.2) is 96.6 Å². The van der Waals surface area contributed by atoms with E-state index in [0.717, 1.165) is 27.5 Å². The molecule has 5 rings (SSSR count). The fourth-order valence-electron chi connectivity index (χ4n) is 4.41. The van der Waals surface area contributed by atoms with Crippen molar-refractivity contribution in [3.63, 3.8) is 0 Å². The molecule has 1 aliphatic carbocycles. The zero-order valence-corrected chi connectivity index (χ0v) is 15.7. The molecule has 0 amide bonds. The Bertz CT molecular complexity index is 1230. The van der Waals surface area contributed by atoms with Crippen LogP contribution in [0.2, 0.25) is 0 Å². The van der Waals surface area contributed by atoms with Crippen LogP contribution >= 0.6 is 0 Å². The van der Waals surface area contributed by atoms with Crippen molar-refractivity contribution in [3.8, 4) is 0 Å². The van der Waals surface area contributed by atoms with E-state index in [1.165, 1.54) is 16.7 Å². The molecule has 1 unspecified atom stereocenters. The molecule has 134 valence electrons. The smallest absolute Gasteiger partial charge is 0.193 e. The fourth-order valence-corrected chi connectivity index (χ4v) is 4.41. The molecule has 1 aliphatic rings. The molecule has 1 atom stereocenters. The molecular weight excluding hydrogens is 340 g/mol. The van der Waals surface area contributed by atoms with Crippen molar-refractivity contribution in [2.45, 2.75) is 12.8 Å². The van der Waals surface area contributed by atoms with Crippen LogP contribution in [0.5, 0.6) is 0 Å². The maximum Gasteiger partial charge on any atom is 0.193 e. The van der Waals surface area contributed by atoms with E-state index in [9.17, 15) is 4.79 Å². The summed E-state index contributed by atoms with van der Waals surface area (Å²) in [5.74, 6) is 0.202. The summed E-state index contributed by atoms with van der Waals surface area (Å²) in [5.41, 5.74) is 6.44. The second-order valence-electron chi connectivity index (χ2n) is 7.40. The predicted octanol–water partition coefficient (Wildman–Crippen LogP) is 6.62. The van der Waals surface area contributed by atoms with Crippen molar-refractivity contribution in [2.75, 3.05) is 0 Å². The monoisotopic (exact) mass is 360 g/mol. The van der Waals surface area contributed by atoms with Crippen molar-refractivity contribution in [1.82, 2.24) is 0 Å². The SMILES string of the molecule is CC1=Cc2ccccc2C1c1ccc2ccccc2c1C(=O)c1ccccc1. The van der Waals surface area contributed by atoms with Crippen molar-refractivity contribution < 1.29 is 4.79 Å². The minimum absolute atomic E-state index is 0.0876. The normalized spacial score (nSPS) is 15.3. The molecule has 0 spiro atoms. The first-order valence-electron chi connectivity index (χ1n) is 9.62. The summed E-state index contributed by atoms with van der Waals surface area (Å²) in [6, 6.07) is 30.5. The second-order valence-corrected chi connectivity index (χ2v) is 7.40. The minimum Gasteiger partial charge on any atom is -0.289 e. The minimum atomic E-state index is 0.0876. The van der Waals surface area contributed by atoms with E-state index in [1.54, 1.807) is 0 Å². The molecule has 28 heavy (non-hydrogen) atoms. The van der Waals surface area contributed by atoms with Gasteiger partial charge in [-0.15, -0.1) is 0 Å². The van der Waals surface area contributed by atoms with Crippen molar-refractivity contribution >= 4 is 22.6 Å². The van der Waals surface area contributed by atoms with Gasteiger partial charge in [-0.2, -0.15) is 0 Å². The summed E-state index contributed by atoms with van der Waals surface area (Å²) in [7, 11) is 0. The van der Waals surface area contributed by atoms with Gasteiger partial charge in [0.05, 0.1) is 0 Å². The van der Waals surface area contributed by atoms with Crippen LogP contribution in [0.3, 0.4) is 0 Å². The number of allylic oxidation sites excluding steroid dienone is 1. The quantitative estimate of drug-likeness (QED) is 0.375. The molecule has 0 saturated carbocycles. The lowest BCUT2D eigenvalue weighted by atomic mass is 9.82. The van der Waals surface area contributed by atoms with Crippen LogP contribution in [0.4, 0.5) is 0 Å². The van der Waals surface area contributed by atoms with E-state index >= 15 is 0 Å². The summed E-state index contributed by atoms with van der Waals surface area (Å²) < 4.78 is 0. The van der Waals surface area contributed by atoms with Gasteiger partial charge < -0.3 is 0 Å². The molecule has 0 radical (unpaired) electrons. The van der Waals surface area contributed by atoms with E-state index in [1.807, 2.05) is 42.5 Å². The third-order valence-corrected chi connectivity index (χ3v) is 5.68. The number of benzene rings is 4. The highest BCUT2D eigenvalue weighted by molar-refractivity contribution is 6.17. The highest BCUT2D eigenvalue weighted by Gasteiger charge is 2.29. The standard InChI is InChI=1S/C27H20O/c1-18-17-21-12-6-8-14-23(21)25(18)24-16-15-19-9-5-7-13-22(19)26(24)27(28)20-10-3-2-4-11-20/h2-17,25H,1H3. The molecule has 4 aromatic carbocycles. The lowest BCUT2D eigenvalue weighted by Crippen LogP contribution is -2.11. The van der Waals surface area contributed by atoms with Crippen molar-refractivity contribution in [2.24, 2.45) is 0 Å². The molecule has 1 heteroatoms. The van der Waals surface area contributed by atoms with Crippen molar-refractivity contribution in [3.05, 3.63) is 124 Å². The molecular formula is C27H20O. The molecule has 0 aromatic heterocycles. The van der Waals surface area contributed by atoms with Gasteiger partial charge in [-0.3, -0.25) is 4.79 Å². The van der Waals surface area contributed by atoms with Crippen LogP contribution < -0.4 is 0 Å². The van der Waals surface area contributed by atoms with E-state index in [4.69, 9.17) is 0 Å². The Labute approximate surface area is 165 Å². The average Bonchev–Trinajstić information content (AvgIpc) is 3.08. The fraction of sp³-hybridized carbons (Fsp3) is 0.0741. The topological polar surface area (TPSA) is 17.1 Å². The first-order chi connectivity index (χ1) is 13.7. The predicted molar refractivity (Wildman–Crippen MR) is 116 cm³/mol. The Morgan fingerprint density at radius 3 is 2.29 bits per heavy atom. The lowest BCUT2D eigenvalue weighted by molar-refractivity contribution is 0.103. The van der Waals surface area contributed by atoms with Gasteiger partial charge in [0.25, 0.3) is 0 Å². The number of hydrogen-bond acceptors (Lipinski definition) is 1. The van der Waals surface area contributed by atoms with Crippen LogP contribution in [-0.4, -0.2) is 5.78 Å². The Morgan fingerprint density at radius 1 is 0.714 bits per heavy atom. The summed E-state index contributed by atoms with van der Waals surface area (Å²) in [4.78, 5) is 13.6. The van der Waals surface area contributed by atoms with Crippen LogP contribution in [0.25, 0.3) is 16.8 Å². The number of carbonyl (C=O) groups is 1. The van der Waals surface area contributed by atoms with Gasteiger partial charge in [0.1, 0.15) is 0 Å². The molecule has 1 nitrogen and oxygen atoms in total. The maximum absolute atomic E-state index is 13.6. The molecule has 0 bridgehead atoms. The van der Waals surface area contributed by atoms with Gasteiger partial charge in [-0.1, -0.05) is 103 Å². The Hall–Kier alpha value is -3.45. The highest BCUT2D eigenvalue weighted by Crippen LogP contribution is 2.43. The number of fused-ring (bicyclic) bond motifs is 2. The molecule has 0 aliphatic heterocycles. The summed E-state index contributed by atoms with van der Waals surface area (Å²) >= 11 is 0. The highest BCUT2D eigenvalue weighted by atomic mass is 16.1. The largest absolute Gasteiger partial charge is 0.289 e. The summed E-state index contributed by atoms with van der Waals surface area (Å²) in [6.07, 6.45) is 2.24. The third-order valence-electron chi connectivity index (χ3n) is 5.68.